The molecular weight excluding hydrogens is 216 g/mol. The van der Waals surface area contributed by atoms with E-state index in [1.165, 1.54) is 58.3 Å². The zero-order chi connectivity index (χ0) is 11.4. The number of nitrogens with zero attached hydrogens (tertiary/aromatic N) is 1. The maximum absolute atomic E-state index is 3.81. The Balaban J connectivity index is 1.67. The molecule has 0 radical (unpaired) electrons. The Hall–Kier alpha value is 0.270. The van der Waals surface area contributed by atoms with Crippen molar-refractivity contribution in [3.05, 3.63) is 0 Å². The van der Waals surface area contributed by atoms with Crippen LogP contribution in [0.1, 0.15) is 39.0 Å². The van der Waals surface area contributed by atoms with Crippen molar-refractivity contribution < 1.29 is 0 Å². The Morgan fingerprint density at radius 3 is 2.44 bits per heavy atom. The highest BCUT2D eigenvalue weighted by atomic mass is 32.2. The first-order chi connectivity index (χ1) is 7.78. The molecule has 0 amide bonds. The standard InChI is InChI=1S/C13H26N2S/c1-3-15-9-5-12(6-10-15)14-11-13(16-2)7-4-8-13/h12,14H,3-11H2,1-2H3. The summed E-state index contributed by atoms with van der Waals surface area (Å²) in [7, 11) is 0. The van der Waals surface area contributed by atoms with Crippen LogP contribution in [0.5, 0.6) is 0 Å². The van der Waals surface area contributed by atoms with Crippen LogP contribution in [0.15, 0.2) is 0 Å². The van der Waals surface area contributed by atoms with Crippen LogP contribution < -0.4 is 5.32 Å². The van der Waals surface area contributed by atoms with Gasteiger partial charge in [0, 0.05) is 17.3 Å². The Morgan fingerprint density at radius 2 is 2.00 bits per heavy atom. The van der Waals surface area contributed by atoms with E-state index in [9.17, 15) is 0 Å². The highest BCUT2D eigenvalue weighted by Gasteiger charge is 2.36. The van der Waals surface area contributed by atoms with E-state index in [2.05, 4.69) is 35.2 Å². The van der Waals surface area contributed by atoms with Crippen molar-refractivity contribution in [3.63, 3.8) is 0 Å². The number of hydrogen-bond acceptors (Lipinski definition) is 3. The largest absolute Gasteiger partial charge is 0.313 e. The highest BCUT2D eigenvalue weighted by molar-refractivity contribution is 8.00. The van der Waals surface area contributed by atoms with Crippen LogP contribution in [-0.4, -0.2) is 48.1 Å². The van der Waals surface area contributed by atoms with Gasteiger partial charge in [-0.1, -0.05) is 13.3 Å². The molecule has 0 unspecified atom stereocenters. The molecule has 0 aromatic rings. The Morgan fingerprint density at radius 1 is 1.31 bits per heavy atom. The Bertz CT molecular complexity index is 202. The molecule has 3 heteroatoms. The molecular formula is C13H26N2S. The van der Waals surface area contributed by atoms with Gasteiger partial charge in [0.15, 0.2) is 0 Å². The van der Waals surface area contributed by atoms with Gasteiger partial charge < -0.3 is 10.2 Å². The first kappa shape index (κ1) is 12.7. The summed E-state index contributed by atoms with van der Waals surface area (Å²) in [6.07, 6.45) is 9.26. The van der Waals surface area contributed by atoms with E-state index in [1.54, 1.807) is 0 Å². The second kappa shape index (κ2) is 5.74. The normalized spacial score (nSPS) is 26.6. The van der Waals surface area contributed by atoms with Crippen molar-refractivity contribution in [1.82, 2.24) is 10.2 Å². The monoisotopic (exact) mass is 242 g/mol. The van der Waals surface area contributed by atoms with Crippen LogP contribution >= 0.6 is 11.8 Å². The molecule has 16 heavy (non-hydrogen) atoms. The molecule has 0 aromatic heterocycles. The Labute approximate surface area is 105 Å². The van der Waals surface area contributed by atoms with Gasteiger partial charge in [-0.15, -0.1) is 0 Å². The van der Waals surface area contributed by atoms with Crippen LogP contribution in [0.25, 0.3) is 0 Å². The molecule has 0 atom stereocenters. The summed E-state index contributed by atoms with van der Waals surface area (Å²) in [6, 6.07) is 0.785. The van der Waals surface area contributed by atoms with Crippen molar-refractivity contribution in [1.29, 1.82) is 0 Å². The minimum absolute atomic E-state index is 0.599. The lowest BCUT2D eigenvalue weighted by atomic mass is 9.84. The van der Waals surface area contributed by atoms with Crippen LogP contribution in [0.2, 0.25) is 0 Å². The first-order valence-corrected chi connectivity index (χ1v) is 8.01. The molecule has 0 bridgehead atoms. The van der Waals surface area contributed by atoms with E-state index in [0.717, 1.165) is 6.04 Å². The van der Waals surface area contributed by atoms with Crippen molar-refractivity contribution in [2.75, 3.05) is 32.4 Å². The minimum atomic E-state index is 0.599. The van der Waals surface area contributed by atoms with Crippen LogP contribution in [0, 0.1) is 0 Å². The fourth-order valence-corrected chi connectivity index (χ4v) is 3.73. The van der Waals surface area contributed by atoms with E-state index in [-0.39, 0.29) is 0 Å². The molecule has 2 nitrogen and oxygen atoms in total. The maximum atomic E-state index is 3.81. The fourth-order valence-electron chi connectivity index (χ4n) is 2.81. The SMILES string of the molecule is CCN1CCC(NCC2(SC)CCC2)CC1. The quantitative estimate of drug-likeness (QED) is 0.797. The highest BCUT2D eigenvalue weighted by Crippen LogP contribution is 2.42. The fraction of sp³-hybridized carbons (Fsp3) is 1.00. The number of likely N-dealkylation sites (tertiary alicyclic amines) is 1. The predicted molar refractivity (Wildman–Crippen MR) is 73.2 cm³/mol. The second-order valence-corrected chi connectivity index (χ2v) is 6.60. The summed E-state index contributed by atoms with van der Waals surface area (Å²) in [6.45, 7) is 7.32. The summed E-state index contributed by atoms with van der Waals surface area (Å²) >= 11 is 2.08. The summed E-state index contributed by atoms with van der Waals surface area (Å²) in [5.74, 6) is 0. The summed E-state index contributed by atoms with van der Waals surface area (Å²) in [5.41, 5.74) is 0. The molecule has 0 spiro atoms. The smallest absolute Gasteiger partial charge is 0.0281 e. The van der Waals surface area contributed by atoms with Crippen LogP contribution in [0.4, 0.5) is 0 Å². The van der Waals surface area contributed by atoms with Gasteiger partial charge >= 0.3 is 0 Å². The van der Waals surface area contributed by atoms with Gasteiger partial charge in [0.25, 0.3) is 0 Å². The van der Waals surface area contributed by atoms with Gasteiger partial charge in [0.1, 0.15) is 0 Å². The first-order valence-electron chi connectivity index (χ1n) is 6.79. The molecule has 94 valence electrons. The molecule has 1 saturated heterocycles. The van der Waals surface area contributed by atoms with Crippen molar-refractivity contribution in [2.45, 2.75) is 49.8 Å². The lowest BCUT2D eigenvalue weighted by Crippen LogP contribution is -2.49. The average Bonchev–Trinajstić information content (AvgIpc) is 2.29. The third kappa shape index (κ3) is 2.93. The number of piperidine rings is 1. The van der Waals surface area contributed by atoms with Gasteiger partial charge in [-0.3, -0.25) is 0 Å². The second-order valence-electron chi connectivity index (χ2n) is 5.33. The van der Waals surface area contributed by atoms with Crippen LogP contribution in [-0.2, 0) is 0 Å². The third-order valence-corrected chi connectivity index (χ3v) is 5.86. The van der Waals surface area contributed by atoms with Gasteiger partial charge in [0.2, 0.25) is 0 Å². The molecule has 0 aromatic carbocycles. The van der Waals surface area contributed by atoms with E-state index < -0.39 is 0 Å². The van der Waals surface area contributed by atoms with E-state index >= 15 is 0 Å². The third-order valence-electron chi connectivity index (χ3n) is 4.45. The molecule has 1 N–H and O–H groups in total. The number of hydrogen-bond donors (Lipinski definition) is 1. The maximum Gasteiger partial charge on any atom is 0.0281 e. The van der Waals surface area contributed by atoms with Gasteiger partial charge in [-0.25, -0.2) is 0 Å². The minimum Gasteiger partial charge on any atom is -0.313 e. The summed E-state index contributed by atoms with van der Waals surface area (Å²) in [4.78, 5) is 2.56. The van der Waals surface area contributed by atoms with E-state index in [4.69, 9.17) is 0 Å². The lowest BCUT2D eigenvalue weighted by molar-refractivity contribution is 0.199. The number of thioether (sulfide) groups is 1. The molecule has 1 heterocycles. The molecule has 1 aliphatic heterocycles. The van der Waals surface area contributed by atoms with Gasteiger partial charge in [-0.2, -0.15) is 11.8 Å². The molecule has 1 aliphatic carbocycles. The van der Waals surface area contributed by atoms with Crippen molar-refractivity contribution in [2.24, 2.45) is 0 Å². The topological polar surface area (TPSA) is 15.3 Å². The predicted octanol–water partition coefficient (Wildman–Crippen LogP) is 2.35. The molecule has 1 saturated carbocycles. The summed E-state index contributed by atoms with van der Waals surface area (Å²) < 4.78 is 0.599. The van der Waals surface area contributed by atoms with Crippen LogP contribution in [0.3, 0.4) is 0 Å². The molecule has 2 fully saturated rings. The van der Waals surface area contributed by atoms with Gasteiger partial charge in [0.05, 0.1) is 0 Å². The zero-order valence-electron chi connectivity index (χ0n) is 10.8. The van der Waals surface area contributed by atoms with Crippen molar-refractivity contribution in [3.8, 4) is 0 Å². The van der Waals surface area contributed by atoms with Gasteiger partial charge in [-0.05, 0) is 51.6 Å². The lowest BCUT2D eigenvalue weighted by Gasteiger charge is -2.42. The zero-order valence-corrected chi connectivity index (χ0v) is 11.6. The van der Waals surface area contributed by atoms with E-state index in [1.807, 2.05) is 0 Å². The summed E-state index contributed by atoms with van der Waals surface area (Å²) in [5, 5.41) is 3.81. The average molecular weight is 242 g/mol. The Kier molecular flexibility index (Phi) is 4.57. The number of rotatable bonds is 5. The van der Waals surface area contributed by atoms with E-state index in [0.29, 0.717) is 4.75 Å². The number of nitrogens with one attached hydrogen (secondary N) is 1. The van der Waals surface area contributed by atoms with Crippen molar-refractivity contribution >= 4 is 11.8 Å². The molecule has 2 rings (SSSR count). The molecule has 2 aliphatic rings.